The molecule has 1 aliphatic rings. The predicted octanol–water partition coefficient (Wildman–Crippen LogP) is 3.61. The molecule has 140 valence electrons. The van der Waals surface area contributed by atoms with Gasteiger partial charge in [0.15, 0.2) is 5.96 Å². The number of aryl methyl sites for hydroxylation is 1. The molecule has 1 saturated heterocycles. The number of hydrogen-bond donors (Lipinski definition) is 2. The molecule has 0 amide bonds. The zero-order valence-corrected chi connectivity index (χ0v) is 16.2. The molecule has 3 rings (SSSR count). The van der Waals surface area contributed by atoms with Crippen LogP contribution < -0.4 is 10.6 Å². The van der Waals surface area contributed by atoms with Crippen LogP contribution in [0.2, 0.25) is 0 Å². The van der Waals surface area contributed by atoms with Gasteiger partial charge in [-0.05, 0) is 49.6 Å². The maximum Gasteiger partial charge on any atom is 0.191 e. The van der Waals surface area contributed by atoms with Gasteiger partial charge in [-0.3, -0.25) is 4.99 Å². The van der Waals surface area contributed by atoms with Gasteiger partial charge in [-0.15, -0.1) is 11.3 Å². The lowest BCUT2D eigenvalue weighted by Gasteiger charge is -2.38. The molecule has 6 heteroatoms. The average molecular weight is 376 g/mol. The van der Waals surface area contributed by atoms with Crippen molar-refractivity contribution < 1.29 is 9.13 Å². The molecule has 4 nitrogen and oxygen atoms in total. The Morgan fingerprint density at radius 1 is 1.23 bits per heavy atom. The van der Waals surface area contributed by atoms with Crippen LogP contribution in [0.25, 0.3) is 0 Å². The first-order valence-corrected chi connectivity index (χ1v) is 9.77. The first-order valence-electron chi connectivity index (χ1n) is 8.95. The van der Waals surface area contributed by atoms with E-state index in [1.165, 1.54) is 15.8 Å². The lowest BCUT2D eigenvalue weighted by molar-refractivity contribution is 0.0513. The van der Waals surface area contributed by atoms with Crippen LogP contribution in [0.15, 0.2) is 41.4 Å². The maximum atomic E-state index is 13.8. The monoisotopic (exact) mass is 375 g/mol. The molecule has 2 N–H and O–H groups in total. The van der Waals surface area contributed by atoms with Gasteiger partial charge in [0, 0.05) is 42.0 Å². The lowest BCUT2D eigenvalue weighted by Crippen LogP contribution is -2.47. The molecule has 1 aromatic carbocycles. The van der Waals surface area contributed by atoms with Crippen LogP contribution >= 0.6 is 11.3 Å². The quantitative estimate of drug-likeness (QED) is 0.620. The summed E-state index contributed by atoms with van der Waals surface area (Å²) < 4.78 is 19.3. The van der Waals surface area contributed by atoms with Crippen LogP contribution in [0.4, 0.5) is 4.39 Å². The largest absolute Gasteiger partial charge is 0.381 e. The number of thiophene rings is 1. The third-order valence-electron chi connectivity index (χ3n) is 4.93. The minimum absolute atomic E-state index is 0.141. The van der Waals surface area contributed by atoms with Gasteiger partial charge in [0.25, 0.3) is 0 Å². The van der Waals surface area contributed by atoms with Crippen LogP contribution in [0, 0.1) is 12.7 Å². The Morgan fingerprint density at radius 3 is 2.69 bits per heavy atom. The molecule has 0 bridgehead atoms. The molecular weight excluding hydrogens is 349 g/mol. The Morgan fingerprint density at radius 2 is 2.04 bits per heavy atom. The van der Waals surface area contributed by atoms with Gasteiger partial charge in [0.05, 0.1) is 6.54 Å². The van der Waals surface area contributed by atoms with Gasteiger partial charge in [0.1, 0.15) is 5.82 Å². The third-order valence-corrected chi connectivity index (χ3v) is 5.93. The van der Waals surface area contributed by atoms with Crippen molar-refractivity contribution in [3.8, 4) is 0 Å². The van der Waals surface area contributed by atoms with Crippen LogP contribution in [0.3, 0.4) is 0 Å². The predicted molar refractivity (Wildman–Crippen MR) is 105 cm³/mol. The van der Waals surface area contributed by atoms with Crippen molar-refractivity contribution >= 4 is 17.3 Å². The summed E-state index contributed by atoms with van der Waals surface area (Å²) in [6.07, 6.45) is 1.73. The van der Waals surface area contributed by atoms with E-state index < -0.39 is 0 Å². The maximum absolute atomic E-state index is 13.8. The summed E-state index contributed by atoms with van der Waals surface area (Å²) in [4.78, 5) is 6.91. The fraction of sp³-hybridized carbons (Fsp3) is 0.450. The molecule has 26 heavy (non-hydrogen) atoms. The number of nitrogens with one attached hydrogen (secondary N) is 2. The van der Waals surface area contributed by atoms with Gasteiger partial charge in [0.2, 0.25) is 0 Å². The molecule has 0 radical (unpaired) electrons. The topological polar surface area (TPSA) is 45.7 Å². The first-order chi connectivity index (χ1) is 12.6. The van der Waals surface area contributed by atoms with Crippen molar-refractivity contribution in [1.82, 2.24) is 10.6 Å². The van der Waals surface area contributed by atoms with E-state index in [1.807, 2.05) is 6.07 Å². The second kappa shape index (κ2) is 8.64. The SMILES string of the molecule is CN=C(NCc1ccc(C)s1)NCC1(c2cccc(F)c2)CCOCC1. The highest BCUT2D eigenvalue weighted by Gasteiger charge is 2.34. The second-order valence-corrected chi connectivity index (χ2v) is 8.07. The lowest BCUT2D eigenvalue weighted by atomic mass is 9.74. The molecule has 0 aliphatic carbocycles. The van der Waals surface area contributed by atoms with Crippen molar-refractivity contribution in [3.05, 3.63) is 57.5 Å². The Labute approximate surface area is 158 Å². The molecule has 1 fully saturated rings. The van der Waals surface area contributed by atoms with Crippen LogP contribution in [0.5, 0.6) is 0 Å². The van der Waals surface area contributed by atoms with E-state index in [4.69, 9.17) is 4.74 Å². The Bertz CT molecular complexity index is 753. The van der Waals surface area contributed by atoms with Crippen molar-refractivity contribution in [3.63, 3.8) is 0 Å². The van der Waals surface area contributed by atoms with Gasteiger partial charge < -0.3 is 15.4 Å². The molecule has 0 atom stereocenters. The number of guanidine groups is 1. The van der Waals surface area contributed by atoms with Gasteiger partial charge >= 0.3 is 0 Å². The fourth-order valence-electron chi connectivity index (χ4n) is 3.37. The molecular formula is C20H26FN3OS. The summed E-state index contributed by atoms with van der Waals surface area (Å²) in [6.45, 7) is 4.93. The molecule has 2 heterocycles. The zero-order valence-electron chi connectivity index (χ0n) is 15.3. The zero-order chi connectivity index (χ0) is 18.4. The minimum atomic E-state index is -0.191. The van der Waals surface area contributed by atoms with Crippen LogP contribution in [-0.4, -0.2) is 32.8 Å². The number of ether oxygens (including phenoxy) is 1. The molecule has 1 aromatic heterocycles. The highest BCUT2D eigenvalue weighted by molar-refractivity contribution is 7.11. The van der Waals surface area contributed by atoms with Crippen molar-refractivity contribution in [2.24, 2.45) is 4.99 Å². The summed E-state index contributed by atoms with van der Waals surface area (Å²) in [5.74, 6) is 0.572. The highest BCUT2D eigenvalue weighted by Crippen LogP contribution is 2.34. The van der Waals surface area contributed by atoms with Crippen LogP contribution in [0.1, 0.15) is 28.2 Å². The number of hydrogen-bond acceptors (Lipinski definition) is 3. The summed E-state index contributed by atoms with van der Waals surface area (Å²) in [5, 5.41) is 6.80. The van der Waals surface area contributed by atoms with E-state index in [9.17, 15) is 4.39 Å². The molecule has 0 spiro atoms. The molecule has 0 unspecified atom stereocenters. The van der Waals surface area contributed by atoms with E-state index in [-0.39, 0.29) is 11.2 Å². The third kappa shape index (κ3) is 4.62. The number of nitrogens with zero attached hydrogens (tertiary/aromatic N) is 1. The van der Waals surface area contributed by atoms with Gasteiger partial charge in [-0.25, -0.2) is 4.39 Å². The van der Waals surface area contributed by atoms with E-state index >= 15 is 0 Å². The van der Waals surface area contributed by atoms with E-state index in [0.717, 1.165) is 30.9 Å². The summed E-state index contributed by atoms with van der Waals surface area (Å²) in [5.41, 5.74) is 0.884. The normalized spacial score (nSPS) is 17.1. The number of aliphatic imine (C=N–C) groups is 1. The second-order valence-electron chi connectivity index (χ2n) is 6.69. The number of rotatable bonds is 5. The Kier molecular flexibility index (Phi) is 6.27. The summed E-state index contributed by atoms with van der Waals surface area (Å²) in [6, 6.07) is 11.2. The summed E-state index contributed by atoms with van der Waals surface area (Å²) in [7, 11) is 1.77. The molecule has 1 aliphatic heterocycles. The smallest absolute Gasteiger partial charge is 0.191 e. The summed E-state index contributed by atoms with van der Waals surface area (Å²) >= 11 is 1.78. The van der Waals surface area contributed by atoms with Crippen molar-refractivity contribution in [1.29, 1.82) is 0 Å². The minimum Gasteiger partial charge on any atom is -0.381 e. The Hall–Kier alpha value is -1.92. The van der Waals surface area contributed by atoms with Crippen molar-refractivity contribution in [2.75, 3.05) is 26.8 Å². The molecule has 0 saturated carbocycles. The number of benzene rings is 1. The van der Waals surface area contributed by atoms with Crippen LogP contribution in [-0.2, 0) is 16.7 Å². The first kappa shape index (κ1) is 18.9. The molecule has 2 aromatic rings. The number of halogens is 1. The highest BCUT2D eigenvalue weighted by atomic mass is 32.1. The average Bonchev–Trinajstić information content (AvgIpc) is 3.08. The van der Waals surface area contributed by atoms with Crippen molar-refractivity contribution in [2.45, 2.75) is 31.7 Å². The van der Waals surface area contributed by atoms with E-state index in [2.05, 4.69) is 34.7 Å². The van der Waals surface area contributed by atoms with E-state index in [1.54, 1.807) is 30.5 Å². The Balaban J connectivity index is 1.66. The van der Waals surface area contributed by atoms with E-state index in [0.29, 0.717) is 19.8 Å². The standard InChI is InChI=1S/C20H26FN3OS/c1-15-6-7-18(26-15)13-23-19(22-2)24-14-20(8-10-25-11-9-20)16-4-3-5-17(21)12-16/h3-7,12H,8-11,13-14H2,1-2H3,(H2,22,23,24). The fourth-order valence-corrected chi connectivity index (χ4v) is 4.20. The van der Waals surface area contributed by atoms with Gasteiger partial charge in [-0.1, -0.05) is 12.1 Å². The van der Waals surface area contributed by atoms with Gasteiger partial charge in [-0.2, -0.15) is 0 Å².